The number of hydrogen-bond donors (Lipinski definition) is 11. The Balaban J connectivity index is 0.000000182. The number of amides is 1. The third kappa shape index (κ3) is 35.8. The molecule has 0 unspecified atom stereocenters. The Morgan fingerprint density at radius 1 is 0.277 bits per heavy atom. The van der Waals surface area contributed by atoms with E-state index in [-0.39, 0.29) is 60.7 Å². The van der Waals surface area contributed by atoms with Crippen molar-refractivity contribution >= 4 is 126 Å². The van der Waals surface area contributed by atoms with E-state index >= 15 is 0 Å². The average Bonchev–Trinajstić information content (AvgIpc) is 0.809. The molecule has 0 radical (unpaired) electrons. The van der Waals surface area contributed by atoms with Crippen molar-refractivity contribution in [1.82, 2.24) is 0 Å². The number of hydrogen-bond acceptors (Lipinski definition) is 18. The molecule has 0 aliphatic rings. The number of aromatic carboxylic acids is 5. The van der Waals surface area contributed by atoms with Gasteiger partial charge in [0.2, 0.25) is 26.0 Å². The minimum Gasteiger partial charge on any atom is -0.478 e. The first kappa shape index (κ1) is 107. The number of sulfonamides is 5. The van der Waals surface area contributed by atoms with Gasteiger partial charge in [-0.2, -0.15) is 0 Å². The summed E-state index contributed by atoms with van der Waals surface area (Å²) >= 11 is 0. The third-order valence-corrected chi connectivity index (χ3v) is 28.0. The molecule has 0 spiro atoms. The number of carboxylic acid groups (broad SMARTS) is 5. The van der Waals surface area contributed by atoms with Crippen molar-refractivity contribution in [2.24, 2.45) is 0 Å². The number of nitrogens with zero attached hydrogens (tertiary/aromatic N) is 1. The number of carbonyl (C=O) groups excluding carboxylic acids is 1. The number of para-hydroxylation sites is 1. The van der Waals surface area contributed by atoms with Gasteiger partial charge in [0.15, 0.2) is 4.90 Å². The van der Waals surface area contributed by atoms with Crippen molar-refractivity contribution in [1.29, 1.82) is 0 Å². The van der Waals surface area contributed by atoms with E-state index < -0.39 is 95.5 Å². The minimum absolute atomic E-state index is 0.0810. The van der Waals surface area contributed by atoms with E-state index in [0.717, 1.165) is 73.7 Å². The van der Waals surface area contributed by atoms with Crippen LogP contribution >= 0.6 is 0 Å². The molecule has 35 heteroatoms. The molecule has 0 heterocycles. The van der Waals surface area contributed by atoms with Crippen molar-refractivity contribution < 1.29 is 101 Å². The van der Waals surface area contributed by atoms with Crippen LogP contribution in [0.1, 0.15) is 140 Å². The molecule has 0 saturated heterocycles. The highest BCUT2D eigenvalue weighted by atomic mass is 32.2. The highest BCUT2D eigenvalue weighted by molar-refractivity contribution is 7.93. The quantitative estimate of drug-likeness (QED) is 0.0125. The summed E-state index contributed by atoms with van der Waals surface area (Å²) < 4.78 is 137. The molecule has 14 aromatic rings. The van der Waals surface area contributed by atoms with Crippen LogP contribution in [0.4, 0.5) is 39.8 Å². The van der Waals surface area contributed by atoms with Gasteiger partial charge in [-0.3, -0.25) is 38.5 Å². The maximum Gasteiger partial charge on any atom is 0.335 e. The van der Waals surface area contributed by atoms with E-state index in [1.807, 2.05) is 110 Å². The van der Waals surface area contributed by atoms with Crippen LogP contribution in [0, 0.1) is 10.1 Å². The Morgan fingerprint density at radius 3 is 0.830 bits per heavy atom. The predicted octanol–water partition coefficient (Wildman–Crippen LogP) is 19.6. The van der Waals surface area contributed by atoms with Gasteiger partial charge in [-0.05, 0) is 296 Å². The number of anilines is 6. The average molecular weight is 2000 g/mol. The lowest BCUT2D eigenvalue weighted by atomic mass is 10.0. The second-order valence-electron chi connectivity index (χ2n) is 32.2. The van der Waals surface area contributed by atoms with Gasteiger partial charge in [0.25, 0.3) is 35.8 Å². The van der Waals surface area contributed by atoms with Crippen LogP contribution in [-0.4, -0.2) is 114 Å². The zero-order valence-electron chi connectivity index (χ0n) is 76.5. The van der Waals surface area contributed by atoms with Gasteiger partial charge in [-0.1, -0.05) is 195 Å². The van der Waals surface area contributed by atoms with E-state index in [9.17, 15) is 81.0 Å². The first-order valence-electron chi connectivity index (χ1n) is 44.1. The summed E-state index contributed by atoms with van der Waals surface area (Å²) in [6.07, 6.45) is 7.92. The molecule has 30 nitrogen and oxygen atoms in total. The summed E-state index contributed by atoms with van der Waals surface area (Å²) in [4.78, 5) is 76.7. The lowest BCUT2D eigenvalue weighted by molar-refractivity contribution is -0.387. The summed E-state index contributed by atoms with van der Waals surface area (Å²) in [5, 5.41) is 59.1. The fourth-order valence-electron chi connectivity index (χ4n) is 14.3. The molecule has 730 valence electrons. The molecule has 0 fully saturated rings. The van der Waals surface area contributed by atoms with E-state index in [4.69, 9.17) is 25.5 Å². The maximum absolute atomic E-state index is 12.7. The lowest BCUT2D eigenvalue weighted by Crippen LogP contribution is -2.16. The summed E-state index contributed by atoms with van der Waals surface area (Å²) in [5.74, 6) is -5.00. The highest BCUT2D eigenvalue weighted by Crippen LogP contribution is 2.29. The molecule has 14 aromatic carbocycles. The van der Waals surface area contributed by atoms with Crippen LogP contribution in [0.3, 0.4) is 0 Å². The largest absolute Gasteiger partial charge is 0.478 e. The van der Waals surface area contributed by atoms with Crippen LogP contribution in [0.5, 0.6) is 0 Å². The Labute approximate surface area is 818 Å². The van der Waals surface area contributed by atoms with Crippen LogP contribution in [0.2, 0.25) is 0 Å². The monoisotopic (exact) mass is 2000 g/mol. The van der Waals surface area contributed by atoms with Crippen molar-refractivity contribution in [3.63, 3.8) is 0 Å². The third-order valence-electron chi connectivity index (χ3n) is 21.2. The summed E-state index contributed by atoms with van der Waals surface area (Å²) in [5.41, 5.74) is 13.5. The van der Waals surface area contributed by atoms with Crippen LogP contribution < -0.4 is 28.9 Å². The molecule has 141 heavy (non-hydrogen) atoms. The molecule has 0 aliphatic heterocycles. The number of nitro groups is 1. The standard InChI is InChI=1S/C23H22N2O5S.C22H21NO4S.C21H18N2O6S.C21H19NO4S.C19H23NO4S/c1-16(26)24-20-10-12-22(13-11-20)31(29,30)25-21-7-3-5-18(15-21)9-8-17-4-2-6-19(14-17)23(27)28;24-22(25)20-10-4-8-17(14-20)12-13-18-9-5-11-21(15-18)23-28(26,27)16-19-6-2-1-3-7-19;24-21(25)17-7-3-5-15(13-17)11-12-16-6-4-8-18(14-16)22-30(28,29)20-10-2-1-9-19(20)23(26)27;23-21(24)18-8-4-6-16(14-18)12-13-17-7-5-9-19(15-17)22-27(25,26)20-10-2-1-3-11-20;1-2-3-12-25(23,24)20-18-9-5-7-16(14-18)11-10-15-6-4-8-17(13-15)19(21)22/h2-7,10-15,25H,8-9H2,1H3,(H,24,26)(H,27,28);1-11,14-15,23H,12-13,16H2,(H,24,25);1-10,13-14,22H,11-12H2,(H,24,25);1-11,14-15,22H,12-13H2,(H,23,24);4-9,13-14,20H,2-3,10-12H2,1H3,(H,21,22). The van der Waals surface area contributed by atoms with Gasteiger partial charge in [-0.15, -0.1) is 0 Å². The number of nitro benzene ring substituents is 1. The second-order valence-corrected chi connectivity index (χ2v) is 40.8. The number of carboxylic acids is 5. The molecular formula is C106H103N7O23S5. The van der Waals surface area contributed by atoms with Gasteiger partial charge < -0.3 is 30.8 Å². The fourth-order valence-corrected chi connectivity index (χ4v) is 20.1. The van der Waals surface area contributed by atoms with Crippen molar-refractivity contribution in [2.75, 3.05) is 34.7 Å². The minimum atomic E-state index is -4.14. The van der Waals surface area contributed by atoms with Crippen molar-refractivity contribution in [3.05, 3.63) is 451 Å². The smallest absolute Gasteiger partial charge is 0.335 e. The summed E-state index contributed by atoms with van der Waals surface area (Å²) in [6, 6.07) is 97.7. The Bertz CT molecular complexity index is 7370. The summed E-state index contributed by atoms with van der Waals surface area (Å²) in [6.45, 7) is 3.33. The molecule has 0 aromatic heterocycles. The van der Waals surface area contributed by atoms with Crippen LogP contribution in [-0.2, 0) is 125 Å². The van der Waals surface area contributed by atoms with Gasteiger partial charge in [0.1, 0.15) is 0 Å². The second kappa shape index (κ2) is 51.5. The molecule has 0 aliphatic carbocycles. The highest BCUT2D eigenvalue weighted by Gasteiger charge is 2.26. The van der Waals surface area contributed by atoms with Crippen molar-refractivity contribution in [3.8, 4) is 0 Å². The van der Waals surface area contributed by atoms with Gasteiger partial charge >= 0.3 is 29.8 Å². The van der Waals surface area contributed by atoms with E-state index in [1.165, 1.54) is 55.5 Å². The molecule has 1 amide bonds. The summed E-state index contributed by atoms with van der Waals surface area (Å²) in [7, 11) is -18.4. The first-order chi connectivity index (χ1) is 67.2. The zero-order chi connectivity index (χ0) is 102. The number of benzene rings is 14. The Hall–Kier alpha value is -16.0. The van der Waals surface area contributed by atoms with Gasteiger partial charge in [0.05, 0.1) is 54.0 Å². The van der Waals surface area contributed by atoms with Crippen molar-refractivity contribution in [2.45, 2.75) is 111 Å². The molecular weight excluding hydrogens is 1900 g/mol. The van der Waals surface area contributed by atoms with Gasteiger partial charge in [-0.25, -0.2) is 66.1 Å². The zero-order valence-corrected chi connectivity index (χ0v) is 80.5. The van der Waals surface area contributed by atoms with E-state index in [1.54, 1.807) is 194 Å². The molecule has 0 saturated carbocycles. The maximum atomic E-state index is 12.7. The first-order valence-corrected chi connectivity index (χ1v) is 51.8. The van der Waals surface area contributed by atoms with Gasteiger partial charge in [0, 0.05) is 47.1 Å². The predicted molar refractivity (Wildman–Crippen MR) is 544 cm³/mol. The molecule has 11 N–H and O–H groups in total. The number of rotatable bonds is 40. The Kier molecular flexibility index (Phi) is 39.1. The van der Waals surface area contributed by atoms with Crippen LogP contribution in [0.25, 0.3) is 0 Å². The SMILES string of the molecule is CC(=O)Nc1ccc(S(=O)(=O)Nc2cccc(CCc3cccc(C(=O)O)c3)c2)cc1.CCCCS(=O)(=O)Nc1cccc(CCc2cccc(C(=O)O)c2)c1.O=C(O)c1cccc(CCc2cccc(NS(=O)(=O)Cc3ccccc3)c2)c1.O=C(O)c1cccc(CCc2cccc(NS(=O)(=O)c3ccccc3)c2)c1.O=C(O)c1cccc(CCc2cccc(NS(=O)(=O)c3ccccc3[N+](=O)[O-])c2)c1. The van der Waals surface area contributed by atoms with E-state index in [2.05, 4.69) is 28.9 Å². The van der Waals surface area contributed by atoms with E-state index in [0.29, 0.717) is 99.1 Å². The number of nitrogens with one attached hydrogen (secondary N) is 6. The Morgan fingerprint density at radius 2 is 0.532 bits per heavy atom. The molecule has 0 atom stereocenters. The molecule has 0 bridgehead atoms. The fraction of sp³-hybridized carbons (Fsp3) is 0.151. The van der Waals surface area contributed by atoms with Crippen LogP contribution in [0.15, 0.2) is 367 Å². The molecule has 14 rings (SSSR count). The number of unbranched alkanes of at least 4 members (excludes halogenated alkanes) is 1. The lowest BCUT2D eigenvalue weighted by Gasteiger charge is -2.11. The number of aryl methyl sites for hydroxylation is 10. The normalized spacial score (nSPS) is 11.1. The topological polar surface area (TPSA) is 490 Å². The number of carbonyl (C=O) groups is 6.